The molecule has 2 heterocycles. The van der Waals surface area contributed by atoms with Gasteiger partial charge in [0.2, 0.25) is 0 Å². The summed E-state index contributed by atoms with van der Waals surface area (Å²) in [5.74, 6) is -1.39. The molecule has 0 saturated heterocycles. The first kappa shape index (κ1) is 25.8. The van der Waals surface area contributed by atoms with Crippen molar-refractivity contribution < 1.29 is 28.2 Å². The van der Waals surface area contributed by atoms with Crippen LogP contribution < -0.4 is 0 Å². The van der Waals surface area contributed by atoms with E-state index in [0.29, 0.717) is 17.5 Å². The molecule has 2 aromatic carbocycles. The fourth-order valence-electron chi connectivity index (χ4n) is 4.37. The third-order valence-corrected chi connectivity index (χ3v) is 8.05. The van der Waals surface area contributed by atoms with E-state index in [0.717, 1.165) is 28.2 Å². The molecule has 0 aromatic heterocycles. The quantitative estimate of drug-likeness (QED) is 0.478. The Balaban J connectivity index is 1.72. The van der Waals surface area contributed by atoms with E-state index in [-0.39, 0.29) is 52.8 Å². The maximum atomic E-state index is 13.2. The van der Waals surface area contributed by atoms with Gasteiger partial charge in [-0.3, -0.25) is 19.4 Å². The van der Waals surface area contributed by atoms with Crippen LogP contribution in [0.4, 0.5) is 0 Å². The summed E-state index contributed by atoms with van der Waals surface area (Å²) in [7, 11) is 8.61. The Morgan fingerprint density at radius 1 is 0.694 bits per heavy atom. The molecule has 186 valence electrons. The van der Waals surface area contributed by atoms with Gasteiger partial charge < -0.3 is 10.2 Å². The second-order valence-electron chi connectivity index (χ2n) is 8.60. The lowest BCUT2D eigenvalue weighted by atomic mass is 10.0. The molecule has 2 N–H and O–H groups in total. The van der Waals surface area contributed by atoms with Crippen LogP contribution in [-0.2, 0) is 25.8 Å². The van der Waals surface area contributed by atoms with Crippen LogP contribution in [-0.4, -0.2) is 59.2 Å². The molecule has 4 rings (SSSR count). The zero-order chi connectivity index (χ0) is 26.0. The van der Waals surface area contributed by atoms with Crippen molar-refractivity contribution in [2.45, 2.75) is 30.6 Å². The highest BCUT2D eigenvalue weighted by Gasteiger charge is 2.46. The molecule has 4 radical (unpaired) electrons. The van der Waals surface area contributed by atoms with Gasteiger partial charge in [-0.05, 0) is 54.5 Å². The van der Waals surface area contributed by atoms with E-state index in [4.69, 9.17) is 24.3 Å². The molecule has 0 aliphatic carbocycles. The number of carbonyl (C=O) groups is 2. The third kappa shape index (κ3) is 4.61. The topological polar surface area (TPSA) is 115 Å². The van der Waals surface area contributed by atoms with E-state index >= 15 is 0 Å². The summed E-state index contributed by atoms with van der Waals surface area (Å²) in [4.78, 5) is 28.2. The van der Waals surface area contributed by atoms with Crippen LogP contribution in [0.3, 0.4) is 0 Å². The maximum Gasteiger partial charge on any atom is 0.261 e. The molecule has 0 saturated carbocycles. The molecule has 0 atom stereocenters. The van der Waals surface area contributed by atoms with Crippen molar-refractivity contribution in [2.24, 2.45) is 0 Å². The highest BCUT2D eigenvalue weighted by atomic mass is 32.2. The average molecular weight is 507 g/mol. The Morgan fingerprint density at radius 3 is 1.64 bits per heavy atom. The van der Waals surface area contributed by atoms with E-state index in [1.165, 1.54) is 24.3 Å². The number of benzene rings is 2. The summed E-state index contributed by atoms with van der Waals surface area (Å²) in [5.41, 5.74) is 2.56. The highest BCUT2D eigenvalue weighted by molar-refractivity contribution is 7.91. The van der Waals surface area contributed by atoms with Gasteiger partial charge in [0, 0.05) is 13.2 Å². The zero-order valence-electron chi connectivity index (χ0n) is 19.6. The first-order valence-electron chi connectivity index (χ1n) is 11.5. The van der Waals surface area contributed by atoms with Crippen molar-refractivity contribution in [3.8, 4) is 0 Å². The summed E-state index contributed by atoms with van der Waals surface area (Å²) < 4.78 is 24.8. The number of nitrogens with zero attached hydrogens (tertiary/aromatic N) is 2. The molecule has 0 spiro atoms. The molecule has 36 heavy (non-hydrogen) atoms. The van der Waals surface area contributed by atoms with Crippen molar-refractivity contribution >= 4 is 33.0 Å². The summed E-state index contributed by atoms with van der Waals surface area (Å²) in [6, 6.07) is 13.1. The second kappa shape index (κ2) is 10.4. The van der Waals surface area contributed by atoms with Crippen molar-refractivity contribution in [3.63, 3.8) is 0 Å². The SMILES string of the molecule is [CH]N1C(=O)C2=C(c3ccc(S(=O)(=O)CCCO)cc3)N([CH])C(=O)C2=C1c1ccc(CCCCO)cc1. The third-order valence-electron chi connectivity index (χ3n) is 6.23. The standard InChI is InChI=1S/C27H26N2O6S/c1-28-24(19-9-7-18(8-10-19)6-3-4-15-30)22-23(27(28)33)25(29(2)26(22)32)20-11-13-21(14-12-20)36(34,35)17-5-16-31/h1-2,7-14,30-31H,3-6,15-17H2. The largest absolute Gasteiger partial charge is 0.396 e. The molecule has 2 aliphatic heterocycles. The summed E-state index contributed by atoms with van der Waals surface area (Å²) >= 11 is 0. The van der Waals surface area contributed by atoms with Crippen LogP contribution in [0, 0.1) is 14.1 Å². The molecular weight excluding hydrogens is 480 g/mol. The monoisotopic (exact) mass is 506 g/mol. The Hall–Kier alpha value is -3.27. The average Bonchev–Trinajstić information content (AvgIpc) is 3.28. The minimum atomic E-state index is -3.58. The number of hydrogen-bond acceptors (Lipinski definition) is 6. The van der Waals surface area contributed by atoms with Crippen LogP contribution in [0.2, 0.25) is 0 Å². The Bertz CT molecular complexity index is 1340. The fraction of sp³-hybridized carbons (Fsp3) is 0.259. The smallest absolute Gasteiger partial charge is 0.261 e. The van der Waals surface area contributed by atoms with Gasteiger partial charge in [0.25, 0.3) is 11.8 Å². The molecule has 9 heteroatoms. The number of carbonyl (C=O) groups excluding carboxylic acids is 2. The van der Waals surface area contributed by atoms with E-state index in [1.807, 2.05) is 12.1 Å². The van der Waals surface area contributed by atoms with E-state index in [1.54, 1.807) is 12.1 Å². The molecule has 8 nitrogen and oxygen atoms in total. The lowest BCUT2D eigenvalue weighted by Crippen LogP contribution is -2.23. The lowest BCUT2D eigenvalue weighted by Gasteiger charge is -2.19. The van der Waals surface area contributed by atoms with Crippen LogP contribution in [0.15, 0.2) is 64.6 Å². The molecule has 2 amide bonds. The first-order chi connectivity index (χ1) is 17.2. The van der Waals surface area contributed by atoms with Gasteiger partial charge in [0.1, 0.15) is 0 Å². The number of unbranched alkanes of at least 4 members (excludes halogenated alkanes) is 1. The molecule has 0 unspecified atom stereocenters. The fourth-order valence-corrected chi connectivity index (χ4v) is 5.66. The van der Waals surface area contributed by atoms with E-state index in [2.05, 4.69) is 0 Å². The number of fused-ring (bicyclic) bond motifs is 1. The highest BCUT2D eigenvalue weighted by Crippen LogP contribution is 2.45. The van der Waals surface area contributed by atoms with Gasteiger partial charge in [-0.25, -0.2) is 8.42 Å². The Morgan fingerprint density at radius 2 is 1.17 bits per heavy atom. The van der Waals surface area contributed by atoms with Crippen LogP contribution in [0.1, 0.15) is 36.0 Å². The van der Waals surface area contributed by atoms with Crippen molar-refractivity contribution in [2.75, 3.05) is 19.0 Å². The maximum absolute atomic E-state index is 13.2. The van der Waals surface area contributed by atoms with Gasteiger partial charge >= 0.3 is 0 Å². The number of sulfone groups is 1. The molecule has 0 bridgehead atoms. The minimum Gasteiger partial charge on any atom is -0.396 e. The van der Waals surface area contributed by atoms with Crippen LogP contribution in [0.25, 0.3) is 11.4 Å². The summed E-state index contributed by atoms with van der Waals surface area (Å²) in [5, 5.41) is 17.9. The normalized spacial score (nSPS) is 16.0. The summed E-state index contributed by atoms with van der Waals surface area (Å²) in [6.45, 7) is -0.102. The van der Waals surface area contributed by atoms with Gasteiger partial charge in [0.15, 0.2) is 9.84 Å². The van der Waals surface area contributed by atoms with E-state index in [9.17, 15) is 18.0 Å². The number of rotatable bonds is 10. The van der Waals surface area contributed by atoms with Crippen molar-refractivity contribution in [3.05, 3.63) is 90.5 Å². The van der Waals surface area contributed by atoms with Gasteiger partial charge in [-0.1, -0.05) is 36.4 Å². The minimum absolute atomic E-state index is 0.0582. The van der Waals surface area contributed by atoms with Gasteiger partial charge in [0.05, 0.1) is 47.3 Å². The Labute approximate surface area is 211 Å². The zero-order valence-corrected chi connectivity index (χ0v) is 20.4. The molecule has 0 fully saturated rings. The predicted octanol–water partition coefficient (Wildman–Crippen LogP) is 2.30. The first-order valence-corrected chi connectivity index (χ1v) is 13.2. The number of aliphatic hydroxyl groups excluding tert-OH is 2. The van der Waals surface area contributed by atoms with Crippen molar-refractivity contribution in [1.82, 2.24) is 9.80 Å². The summed E-state index contributed by atoms with van der Waals surface area (Å²) in [6.07, 6.45) is 2.44. The van der Waals surface area contributed by atoms with Crippen LogP contribution in [0.5, 0.6) is 0 Å². The molecular formula is C27H26N2O6S. The predicted molar refractivity (Wildman–Crippen MR) is 133 cm³/mol. The molecule has 2 aliphatic rings. The van der Waals surface area contributed by atoms with Gasteiger partial charge in [-0.2, -0.15) is 0 Å². The van der Waals surface area contributed by atoms with Gasteiger partial charge in [-0.15, -0.1) is 0 Å². The molecule has 2 aromatic rings. The number of amides is 2. The van der Waals surface area contributed by atoms with Crippen LogP contribution >= 0.6 is 0 Å². The number of aliphatic hydroxyl groups is 2. The van der Waals surface area contributed by atoms with E-state index < -0.39 is 21.7 Å². The van der Waals surface area contributed by atoms with Crippen molar-refractivity contribution in [1.29, 1.82) is 0 Å². The number of aryl methyl sites for hydroxylation is 1. The Kier molecular flexibility index (Phi) is 7.44. The second-order valence-corrected chi connectivity index (χ2v) is 10.7. The lowest BCUT2D eigenvalue weighted by molar-refractivity contribution is -0.122. The number of hydrogen-bond donors (Lipinski definition) is 2.